The summed E-state index contributed by atoms with van der Waals surface area (Å²) in [4.78, 5) is 9.28. The summed E-state index contributed by atoms with van der Waals surface area (Å²) >= 11 is 0. The van der Waals surface area contributed by atoms with Gasteiger partial charge in [-0.05, 0) is 43.6 Å². The van der Waals surface area contributed by atoms with E-state index in [-0.39, 0.29) is 0 Å². The topological polar surface area (TPSA) is 30.0 Å². The lowest BCUT2D eigenvalue weighted by molar-refractivity contribution is 0.181. The maximum Gasteiger partial charge on any atom is 0.0287 e. The number of nitrogens with zero attached hydrogens (tertiary/aromatic N) is 4. The van der Waals surface area contributed by atoms with E-state index in [9.17, 15) is 4.21 Å². The van der Waals surface area contributed by atoms with Gasteiger partial charge in [0.2, 0.25) is 0 Å². The lowest BCUT2D eigenvalue weighted by atomic mass is 10.4. The molecular weight excluding hydrogens is 352 g/mol. The first kappa shape index (κ1) is 23.1. The van der Waals surface area contributed by atoms with Crippen molar-refractivity contribution in [3.63, 3.8) is 0 Å². The molecule has 0 spiro atoms. The van der Waals surface area contributed by atoms with Gasteiger partial charge in [0, 0.05) is 75.4 Å². The van der Waals surface area contributed by atoms with Gasteiger partial charge >= 0.3 is 0 Å². The predicted molar refractivity (Wildman–Crippen MR) is 119 cm³/mol. The summed E-state index contributed by atoms with van der Waals surface area (Å²) in [5, 5.41) is 0. The molecule has 0 aliphatic carbocycles. The van der Waals surface area contributed by atoms with E-state index < -0.39 is 9.52 Å². The molecule has 3 aliphatic heterocycles. The van der Waals surface area contributed by atoms with Crippen LogP contribution in [0.3, 0.4) is 0 Å². The highest BCUT2D eigenvalue weighted by Crippen LogP contribution is 2.13. The molecule has 3 fully saturated rings. The van der Waals surface area contributed by atoms with E-state index >= 15 is 0 Å². The predicted octanol–water partition coefficient (Wildman–Crippen LogP) is 0.145. The monoisotopic (exact) mass is 392 g/mol. The molecule has 150 valence electrons. The minimum Gasteiger partial charge on any atom is -0.305 e. The zero-order valence-corrected chi connectivity index (χ0v) is 18.5. The van der Waals surface area contributed by atoms with Gasteiger partial charge in [-0.15, -0.1) is 0 Å². The first-order valence-electron chi connectivity index (χ1n) is 9.22. The van der Waals surface area contributed by atoms with Crippen molar-refractivity contribution in [2.24, 2.45) is 0 Å². The highest BCUT2D eigenvalue weighted by molar-refractivity contribution is 8.14. The molecule has 3 rings (SSSR count). The van der Waals surface area contributed by atoms with Gasteiger partial charge in [0.05, 0.1) is 0 Å². The van der Waals surface area contributed by atoms with Crippen LogP contribution < -0.4 is 0 Å². The lowest BCUT2D eigenvalue weighted by Gasteiger charge is -2.28. The summed E-state index contributed by atoms with van der Waals surface area (Å²) in [6, 6.07) is 0. The number of piperazine rings is 1. The minimum atomic E-state index is -1.66. The average Bonchev–Trinajstić information content (AvgIpc) is 2.57. The molecule has 0 amide bonds. The number of hydrogen-bond donors (Lipinski definition) is 0. The molecule has 3 heterocycles. The van der Waals surface area contributed by atoms with Gasteiger partial charge < -0.3 is 19.6 Å². The Hall–Kier alpha value is 0.0800. The normalized spacial score (nSPS) is 26.9. The first-order chi connectivity index (χ1) is 11.7. The Morgan fingerprint density at radius 2 is 1.00 bits per heavy atom. The van der Waals surface area contributed by atoms with Gasteiger partial charge in [0.15, 0.2) is 0 Å². The Labute approximate surface area is 159 Å². The Balaban J connectivity index is 0.000000188. The molecule has 3 saturated heterocycles. The maximum atomic E-state index is 11.2. The fourth-order valence-corrected chi connectivity index (χ4v) is 5.39. The van der Waals surface area contributed by atoms with Crippen molar-refractivity contribution in [2.45, 2.75) is 0 Å². The van der Waals surface area contributed by atoms with Gasteiger partial charge in [-0.2, -0.15) is 10.5 Å². The van der Waals surface area contributed by atoms with Crippen LogP contribution in [0.25, 0.3) is 0 Å². The van der Waals surface area contributed by atoms with Crippen LogP contribution in [0.15, 0.2) is 0 Å². The molecule has 25 heavy (non-hydrogen) atoms. The van der Waals surface area contributed by atoms with E-state index in [0.29, 0.717) is 10.5 Å². The number of hydrogen-bond acceptors (Lipinski definition) is 5. The maximum absolute atomic E-state index is 11.2. The van der Waals surface area contributed by atoms with Crippen LogP contribution in [-0.4, -0.2) is 139 Å². The van der Waals surface area contributed by atoms with Gasteiger partial charge in [-0.3, -0.25) is 4.21 Å². The third-order valence-corrected chi connectivity index (χ3v) is 8.31. The van der Waals surface area contributed by atoms with Crippen molar-refractivity contribution in [1.29, 1.82) is 0 Å². The summed E-state index contributed by atoms with van der Waals surface area (Å²) in [5.41, 5.74) is 0. The molecule has 0 bridgehead atoms. The summed E-state index contributed by atoms with van der Waals surface area (Å²) in [6.07, 6.45) is 0. The fourth-order valence-electron chi connectivity index (χ4n) is 2.55. The highest BCUT2D eigenvalue weighted by Gasteiger charge is 2.13. The smallest absolute Gasteiger partial charge is 0.0287 e. The molecule has 0 saturated carbocycles. The van der Waals surface area contributed by atoms with Crippen molar-refractivity contribution in [3.05, 3.63) is 0 Å². The SMILES string of the molecule is C=S1(=O)CCN(C)CC1.C=S1CCN(C)CC1.CN1CCN(C)CC1. The first-order valence-corrected chi connectivity index (χ1v) is 13.0. The summed E-state index contributed by atoms with van der Waals surface area (Å²) < 4.78 is 11.2. The van der Waals surface area contributed by atoms with Gasteiger partial charge in [0.1, 0.15) is 0 Å². The van der Waals surface area contributed by atoms with Crippen molar-refractivity contribution in [1.82, 2.24) is 19.6 Å². The van der Waals surface area contributed by atoms with Crippen LogP contribution in [0.5, 0.6) is 0 Å². The van der Waals surface area contributed by atoms with Crippen LogP contribution in [0.1, 0.15) is 0 Å². The number of likely N-dealkylation sites (N-methyl/N-ethyl adjacent to an activating group) is 2. The number of rotatable bonds is 0. The van der Waals surface area contributed by atoms with Crippen molar-refractivity contribution < 1.29 is 4.21 Å². The quantitative estimate of drug-likeness (QED) is 0.548. The zero-order valence-electron chi connectivity index (χ0n) is 16.9. The summed E-state index contributed by atoms with van der Waals surface area (Å²) in [7, 11) is 7.41. The van der Waals surface area contributed by atoms with E-state index in [2.05, 4.69) is 59.5 Å². The molecule has 0 atom stereocenters. The summed E-state index contributed by atoms with van der Waals surface area (Å²) in [6.45, 7) is 9.34. The standard InChI is InChI=1S/C6H14N2.C6H13NOS.C6H13NS/c1-7-3-5-8(2)6-4-7;1-7-3-5-9(2,8)6-4-7;1-7-3-5-8(2)6-4-7/h3-6H2,1-2H3;2-6H2,1H3;2-6H2,1H3. The molecule has 7 heteroatoms. The van der Waals surface area contributed by atoms with Crippen LogP contribution in [-0.2, 0) is 9.52 Å². The van der Waals surface area contributed by atoms with Crippen LogP contribution in [0.4, 0.5) is 0 Å². The van der Waals surface area contributed by atoms with Gasteiger partial charge in [-0.25, -0.2) is 0 Å². The Morgan fingerprint density at radius 1 is 0.680 bits per heavy atom. The molecular formula is C18H40N4OS2. The van der Waals surface area contributed by atoms with Gasteiger partial charge in [-0.1, -0.05) is 5.87 Å². The molecule has 0 unspecified atom stereocenters. The van der Waals surface area contributed by atoms with Crippen LogP contribution in [0, 0.1) is 0 Å². The summed E-state index contributed by atoms with van der Waals surface area (Å²) in [5.74, 6) is 11.9. The van der Waals surface area contributed by atoms with Crippen molar-refractivity contribution >= 4 is 31.7 Å². The molecule has 3 aliphatic rings. The second-order valence-electron chi connectivity index (χ2n) is 7.61. The second kappa shape index (κ2) is 11.7. The molecule has 0 N–H and O–H groups in total. The van der Waals surface area contributed by atoms with E-state index in [1.165, 1.54) is 50.8 Å². The van der Waals surface area contributed by atoms with Crippen LogP contribution in [0.2, 0.25) is 0 Å². The Bertz CT molecular complexity index is 453. The minimum absolute atomic E-state index is 0.497. The van der Waals surface area contributed by atoms with Gasteiger partial charge in [0.25, 0.3) is 0 Å². The molecule has 0 aromatic heterocycles. The van der Waals surface area contributed by atoms with E-state index in [1.54, 1.807) is 0 Å². The Morgan fingerprint density at radius 3 is 1.32 bits per heavy atom. The van der Waals surface area contributed by atoms with E-state index in [4.69, 9.17) is 0 Å². The van der Waals surface area contributed by atoms with Crippen molar-refractivity contribution in [2.75, 3.05) is 104 Å². The largest absolute Gasteiger partial charge is 0.305 e. The van der Waals surface area contributed by atoms with E-state index in [0.717, 1.165) is 24.6 Å². The third-order valence-electron chi connectivity index (χ3n) is 4.94. The van der Waals surface area contributed by atoms with Crippen molar-refractivity contribution in [3.8, 4) is 0 Å². The highest BCUT2D eigenvalue weighted by atomic mass is 32.2. The average molecular weight is 393 g/mol. The fraction of sp³-hybridized carbons (Fsp3) is 0.889. The zero-order chi connectivity index (χ0) is 18.9. The second-order valence-corrected chi connectivity index (χ2v) is 12.4. The molecule has 0 radical (unpaired) electrons. The lowest BCUT2D eigenvalue weighted by Crippen LogP contribution is -2.42. The molecule has 0 aromatic carbocycles. The van der Waals surface area contributed by atoms with E-state index in [1.807, 2.05) is 0 Å². The third kappa shape index (κ3) is 11.4. The molecule has 5 nitrogen and oxygen atoms in total. The Kier molecular flexibility index (Phi) is 10.8. The van der Waals surface area contributed by atoms with Crippen LogP contribution >= 0.6 is 10.5 Å². The molecule has 0 aromatic rings.